The van der Waals surface area contributed by atoms with Gasteiger partial charge in [0.2, 0.25) is 0 Å². The number of aliphatic imine (C=N–C) groups is 1. The number of rotatable bonds is 2. The number of aromatic nitrogens is 1. The summed E-state index contributed by atoms with van der Waals surface area (Å²) in [5, 5.41) is 3.53. The van der Waals surface area contributed by atoms with Gasteiger partial charge < -0.3 is 0 Å². The Labute approximate surface area is 296 Å². The van der Waals surface area contributed by atoms with Crippen molar-refractivity contribution < 1.29 is 0 Å². The third-order valence-corrected chi connectivity index (χ3v) is 11.2. The zero-order chi connectivity index (χ0) is 33.7. The van der Waals surface area contributed by atoms with Crippen molar-refractivity contribution in [3.05, 3.63) is 204 Å². The summed E-state index contributed by atoms with van der Waals surface area (Å²) in [6.07, 6.45) is 4.10. The number of fused-ring (bicyclic) bond motifs is 14. The van der Waals surface area contributed by atoms with Crippen molar-refractivity contribution in [1.82, 2.24) is 4.98 Å². The molecule has 0 N–H and O–H groups in total. The Morgan fingerprint density at radius 1 is 0.451 bits per heavy atom. The van der Waals surface area contributed by atoms with Crippen LogP contribution in [0.2, 0.25) is 0 Å². The Balaban J connectivity index is 1.18. The summed E-state index contributed by atoms with van der Waals surface area (Å²) in [5.41, 5.74) is 18.3. The molecule has 0 fully saturated rings. The maximum atomic E-state index is 5.40. The molecule has 2 nitrogen and oxygen atoms in total. The number of benzene rings is 7. The van der Waals surface area contributed by atoms with Gasteiger partial charge in [-0.1, -0.05) is 134 Å². The second-order valence-corrected chi connectivity index (χ2v) is 13.8. The van der Waals surface area contributed by atoms with Crippen molar-refractivity contribution in [2.45, 2.75) is 5.41 Å². The average molecular weight is 647 g/mol. The lowest BCUT2D eigenvalue weighted by Gasteiger charge is -2.30. The first-order valence-electron chi connectivity index (χ1n) is 17.5. The van der Waals surface area contributed by atoms with E-state index in [0.29, 0.717) is 0 Å². The van der Waals surface area contributed by atoms with Crippen LogP contribution in [0.15, 0.2) is 175 Å². The predicted octanol–water partition coefficient (Wildman–Crippen LogP) is 12.2. The summed E-state index contributed by atoms with van der Waals surface area (Å²) in [6, 6.07) is 57.4. The third-order valence-electron chi connectivity index (χ3n) is 11.2. The highest BCUT2D eigenvalue weighted by molar-refractivity contribution is 6.17. The minimum absolute atomic E-state index is 0.400. The van der Waals surface area contributed by atoms with Crippen LogP contribution in [0.5, 0.6) is 0 Å². The van der Waals surface area contributed by atoms with Crippen LogP contribution in [0.4, 0.5) is 5.69 Å². The van der Waals surface area contributed by atoms with Crippen molar-refractivity contribution in [3.63, 3.8) is 0 Å². The highest BCUT2D eigenvalue weighted by Gasteiger charge is 2.51. The van der Waals surface area contributed by atoms with Crippen molar-refractivity contribution in [3.8, 4) is 33.5 Å². The molecule has 0 saturated carbocycles. The van der Waals surface area contributed by atoms with E-state index in [4.69, 9.17) is 9.98 Å². The van der Waals surface area contributed by atoms with Gasteiger partial charge in [0.05, 0.1) is 22.3 Å². The molecule has 0 amide bonds. The first-order valence-corrected chi connectivity index (χ1v) is 17.5. The van der Waals surface area contributed by atoms with E-state index in [9.17, 15) is 0 Å². The van der Waals surface area contributed by atoms with Crippen LogP contribution >= 0.6 is 0 Å². The Hall–Kier alpha value is -6.64. The highest BCUT2D eigenvalue weighted by Crippen LogP contribution is 2.63. The largest absolute Gasteiger partial charge is 0.256 e. The van der Waals surface area contributed by atoms with Gasteiger partial charge in [0.1, 0.15) is 0 Å². The molecule has 8 aromatic rings. The Morgan fingerprint density at radius 2 is 1.06 bits per heavy atom. The van der Waals surface area contributed by atoms with Crippen molar-refractivity contribution in [2.75, 3.05) is 0 Å². The van der Waals surface area contributed by atoms with Crippen LogP contribution < -0.4 is 0 Å². The SMILES string of the molecule is C=C1C=C(c2cccc(-c3nc4ccccc4c4cc5c(cc34)-c3ccccc3C53c4ccccc4-c4ccccc43)c2)C=Nc2ccccc21. The summed E-state index contributed by atoms with van der Waals surface area (Å²) >= 11 is 0. The number of pyridine rings is 1. The lowest BCUT2D eigenvalue weighted by molar-refractivity contribution is 0.795. The second-order valence-electron chi connectivity index (χ2n) is 13.8. The van der Waals surface area contributed by atoms with E-state index in [0.717, 1.165) is 55.5 Å². The standard InChI is InChI=1S/C49H30N2/c1-30-25-33(29-50-46-23-10-5-15-34(30)46)31-13-12-14-32(26-31)48-41-27-40-37-18-4-9-22-44(37)49(45(40)28-39(41)38-19-6-11-24-47(38)51-48)42-20-7-2-16-35(42)36-17-3-8-21-43(36)49/h2-29H,1H2. The molecule has 1 spiro atoms. The molecule has 0 unspecified atom stereocenters. The molecule has 0 saturated heterocycles. The molecule has 1 aromatic heterocycles. The molecular weight excluding hydrogens is 617 g/mol. The average Bonchev–Trinajstić information content (AvgIpc) is 3.58. The topological polar surface area (TPSA) is 25.2 Å². The molecule has 7 aromatic carbocycles. The lowest BCUT2D eigenvalue weighted by atomic mass is 9.70. The van der Waals surface area contributed by atoms with E-state index in [1.165, 1.54) is 49.9 Å². The smallest absolute Gasteiger partial charge is 0.0788 e. The zero-order valence-corrected chi connectivity index (χ0v) is 27.8. The third kappa shape index (κ3) is 3.82. The van der Waals surface area contributed by atoms with Crippen LogP contribution in [0, 0.1) is 0 Å². The number of hydrogen-bond donors (Lipinski definition) is 0. The van der Waals surface area contributed by atoms with E-state index in [2.05, 4.69) is 152 Å². The van der Waals surface area contributed by atoms with Crippen molar-refractivity contribution in [2.24, 2.45) is 4.99 Å². The van der Waals surface area contributed by atoms with Crippen molar-refractivity contribution >= 4 is 44.7 Å². The van der Waals surface area contributed by atoms with Crippen molar-refractivity contribution in [1.29, 1.82) is 0 Å². The molecule has 236 valence electrons. The fourth-order valence-electron chi connectivity index (χ4n) is 9.06. The van der Waals surface area contributed by atoms with Gasteiger partial charge in [-0.25, -0.2) is 4.98 Å². The van der Waals surface area contributed by atoms with Crippen LogP contribution in [0.1, 0.15) is 33.4 Å². The molecule has 11 rings (SSSR count). The maximum Gasteiger partial charge on any atom is 0.0788 e. The minimum atomic E-state index is -0.400. The fourth-order valence-corrected chi connectivity index (χ4v) is 9.06. The summed E-state index contributed by atoms with van der Waals surface area (Å²) in [4.78, 5) is 10.2. The monoisotopic (exact) mass is 646 g/mol. The van der Waals surface area contributed by atoms with Crippen LogP contribution in [-0.4, -0.2) is 11.2 Å². The normalized spacial score (nSPS) is 14.5. The highest BCUT2D eigenvalue weighted by atomic mass is 14.7. The van der Waals surface area contributed by atoms with Gasteiger partial charge in [0.25, 0.3) is 0 Å². The molecule has 0 bridgehead atoms. The van der Waals surface area contributed by atoms with Gasteiger partial charge in [0, 0.05) is 33.7 Å². The van der Waals surface area contributed by atoms with Gasteiger partial charge in [-0.05, 0) is 97.4 Å². The molecule has 3 aliphatic rings. The van der Waals surface area contributed by atoms with Gasteiger partial charge in [-0.3, -0.25) is 4.99 Å². The van der Waals surface area contributed by atoms with E-state index in [1.54, 1.807) is 0 Å². The van der Waals surface area contributed by atoms with E-state index in [1.807, 2.05) is 24.4 Å². The predicted molar refractivity (Wildman–Crippen MR) is 213 cm³/mol. The first-order chi connectivity index (χ1) is 25.2. The Kier molecular flexibility index (Phi) is 5.77. The van der Waals surface area contributed by atoms with Crippen LogP contribution in [0.3, 0.4) is 0 Å². The minimum Gasteiger partial charge on any atom is -0.256 e. The first kappa shape index (κ1) is 28.2. The maximum absolute atomic E-state index is 5.40. The molecule has 2 aliphatic carbocycles. The number of allylic oxidation sites excluding steroid dienone is 3. The molecule has 51 heavy (non-hydrogen) atoms. The van der Waals surface area contributed by atoms with E-state index < -0.39 is 5.41 Å². The zero-order valence-electron chi connectivity index (χ0n) is 27.8. The molecular formula is C49H30N2. The van der Waals surface area contributed by atoms with Gasteiger partial charge in [-0.2, -0.15) is 0 Å². The van der Waals surface area contributed by atoms with E-state index in [-0.39, 0.29) is 0 Å². The number of hydrogen-bond acceptors (Lipinski definition) is 2. The van der Waals surface area contributed by atoms with Gasteiger partial charge >= 0.3 is 0 Å². The van der Waals surface area contributed by atoms with Gasteiger partial charge in [0.15, 0.2) is 0 Å². The van der Waals surface area contributed by atoms with E-state index >= 15 is 0 Å². The lowest BCUT2D eigenvalue weighted by Crippen LogP contribution is -2.25. The molecule has 0 radical (unpaired) electrons. The number of nitrogens with zero attached hydrogens (tertiary/aromatic N) is 2. The second kappa shape index (κ2) is 10.4. The summed E-state index contributed by atoms with van der Waals surface area (Å²) < 4.78 is 0. The summed E-state index contributed by atoms with van der Waals surface area (Å²) in [6.45, 7) is 4.39. The van der Waals surface area contributed by atoms with Crippen LogP contribution in [-0.2, 0) is 5.41 Å². The number of para-hydroxylation sites is 2. The molecule has 0 atom stereocenters. The summed E-state index contributed by atoms with van der Waals surface area (Å²) in [5.74, 6) is 0. The van der Waals surface area contributed by atoms with Gasteiger partial charge in [-0.15, -0.1) is 0 Å². The summed E-state index contributed by atoms with van der Waals surface area (Å²) in [7, 11) is 0. The molecule has 2 heterocycles. The molecule has 2 heteroatoms. The Morgan fingerprint density at radius 3 is 1.80 bits per heavy atom. The van der Waals surface area contributed by atoms with Crippen LogP contribution in [0.25, 0.3) is 66.3 Å². The fraction of sp³-hybridized carbons (Fsp3) is 0.0204. The quantitative estimate of drug-likeness (QED) is 0.172. The molecule has 1 aliphatic heterocycles. The Bertz CT molecular complexity index is 2840.